The maximum atomic E-state index is 12.3. The predicted molar refractivity (Wildman–Crippen MR) is 81.0 cm³/mol. The Morgan fingerprint density at radius 1 is 1.30 bits per heavy atom. The summed E-state index contributed by atoms with van der Waals surface area (Å²) in [5, 5.41) is 7.34. The molecule has 0 radical (unpaired) electrons. The van der Waals surface area contributed by atoms with Crippen LogP contribution in [0.5, 0.6) is 0 Å². The number of hydrogen-bond acceptors (Lipinski definition) is 2. The second kappa shape index (κ2) is 6.37. The van der Waals surface area contributed by atoms with Gasteiger partial charge in [0.15, 0.2) is 0 Å². The van der Waals surface area contributed by atoms with Gasteiger partial charge in [-0.2, -0.15) is 5.10 Å². The summed E-state index contributed by atoms with van der Waals surface area (Å²) in [5.41, 5.74) is 3.57. The van der Waals surface area contributed by atoms with Gasteiger partial charge in [0.25, 0.3) is 5.91 Å². The number of hydrogen-bond donors (Lipinski definition) is 1. The van der Waals surface area contributed by atoms with E-state index >= 15 is 0 Å². The molecule has 1 amide bonds. The first-order valence-corrected chi connectivity index (χ1v) is 7.07. The minimum atomic E-state index is -0.108. The van der Waals surface area contributed by atoms with E-state index in [0.29, 0.717) is 5.69 Å². The molecule has 20 heavy (non-hydrogen) atoms. The topological polar surface area (TPSA) is 46.9 Å². The summed E-state index contributed by atoms with van der Waals surface area (Å²) in [5.74, 6) is -0.108. The summed E-state index contributed by atoms with van der Waals surface area (Å²) in [7, 11) is 1.81. The number of aromatic nitrogens is 2. The van der Waals surface area contributed by atoms with Crippen molar-refractivity contribution < 1.29 is 4.79 Å². The quantitative estimate of drug-likeness (QED) is 0.907. The fourth-order valence-electron chi connectivity index (χ4n) is 2.25. The lowest BCUT2D eigenvalue weighted by molar-refractivity contribution is 0.101. The molecule has 1 aromatic heterocycles. The van der Waals surface area contributed by atoms with E-state index in [9.17, 15) is 4.79 Å². The molecule has 0 spiro atoms. The largest absolute Gasteiger partial charge is 0.320 e. The molecule has 0 bridgehead atoms. The molecule has 1 heterocycles. The van der Waals surface area contributed by atoms with Gasteiger partial charge >= 0.3 is 0 Å². The highest BCUT2D eigenvalue weighted by atomic mass is 16.2. The first-order valence-electron chi connectivity index (χ1n) is 7.07. The number of aryl methyl sites for hydroxylation is 3. The molecular formula is C16H21N3O. The number of anilines is 1. The van der Waals surface area contributed by atoms with Crippen LogP contribution in [0.4, 0.5) is 5.69 Å². The number of carbonyl (C=O) groups excluding carboxylic acids is 1. The third-order valence-electron chi connectivity index (χ3n) is 3.32. The Bertz CT molecular complexity index is 602. The molecule has 0 fully saturated rings. The highest BCUT2D eigenvalue weighted by Crippen LogP contribution is 2.17. The van der Waals surface area contributed by atoms with Gasteiger partial charge in [-0.3, -0.25) is 9.48 Å². The van der Waals surface area contributed by atoms with Crippen LogP contribution in [0.1, 0.15) is 42.0 Å². The van der Waals surface area contributed by atoms with Gasteiger partial charge in [0.05, 0.1) is 5.69 Å². The molecule has 2 rings (SSSR count). The molecule has 0 saturated heterocycles. The minimum Gasteiger partial charge on any atom is -0.320 e. The van der Waals surface area contributed by atoms with Crippen LogP contribution < -0.4 is 5.32 Å². The Morgan fingerprint density at radius 2 is 2.05 bits per heavy atom. The molecule has 4 nitrogen and oxygen atoms in total. The SMILES string of the molecule is CCCc1cc(C(=O)Nc2ccccc2CC)n(C)n1. The summed E-state index contributed by atoms with van der Waals surface area (Å²) < 4.78 is 1.65. The Labute approximate surface area is 119 Å². The molecule has 0 aliphatic rings. The van der Waals surface area contributed by atoms with Crippen molar-refractivity contribution in [1.29, 1.82) is 0 Å². The zero-order chi connectivity index (χ0) is 14.5. The van der Waals surface area contributed by atoms with Gasteiger partial charge in [0.2, 0.25) is 0 Å². The Morgan fingerprint density at radius 3 is 2.75 bits per heavy atom. The first kappa shape index (κ1) is 14.3. The van der Waals surface area contributed by atoms with Crippen LogP contribution in [0.2, 0.25) is 0 Å². The lowest BCUT2D eigenvalue weighted by Crippen LogP contribution is -2.16. The van der Waals surface area contributed by atoms with Crippen molar-refractivity contribution >= 4 is 11.6 Å². The van der Waals surface area contributed by atoms with E-state index in [2.05, 4.69) is 24.3 Å². The third-order valence-corrected chi connectivity index (χ3v) is 3.32. The molecular weight excluding hydrogens is 250 g/mol. The number of nitrogens with one attached hydrogen (secondary N) is 1. The van der Waals surface area contributed by atoms with Crippen molar-refractivity contribution in [2.75, 3.05) is 5.32 Å². The molecule has 0 unspecified atom stereocenters. The lowest BCUT2D eigenvalue weighted by Gasteiger charge is -2.09. The van der Waals surface area contributed by atoms with E-state index in [4.69, 9.17) is 0 Å². The van der Waals surface area contributed by atoms with Gasteiger partial charge < -0.3 is 5.32 Å². The maximum absolute atomic E-state index is 12.3. The van der Waals surface area contributed by atoms with E-state index in [1.807, 2.05) is 30.3 Å². The van der Waals surface area contributed by atoms with Crippen molar-refractivity contribution in [3.8, 4) is 0 Å². The van der Waals surface area contributed by atoms with Crippen LogP contribution in [-0.2, 0) is 19.9 Å². The zero-order valence-corrected chi connectivity index (χ0v) is 12.3. The Kier molecular flexibility index (Phi) is 4.56. The molecule has 4 heteroatoms. The summed E-state index contributed by atoms with van der Waals surface area (Å²) in [6.07, 6.45) is 2.81. The highest BCUT2D eigenvalue weighted by Gasteiger charge is 2.14. The van der Waals surface area contributed by atoms with E-state index in [-0.39, 0.29) is 5.91 Å². The maximum Gasteiger partial charge on any atom is 0.273 e. The summed E-state index contributed by atoms with van der Waals surface area (Å²) >= 11 is 0. The molecule has 1 N–H and O–H groups in total. The molecule has 0 aliphatic carbocycles. The van der Waals surface area contributed by atoms with Crippen LogP contribution in [-0.4, -0.2) is 15.7 Å². The molecule has 2 aromatic rings. The van der Waals surface area contributed by atoms with Crippen molar-refractivity contribution in [3.63, 3.8) is 0 Å². The van der Waals surface area contributed by atoms with Crippen LogP contribution in [0, 0.1) is 0 Å². The zero-order valence-electron chi connectivity index (χ0n) is 12.3. The number of amides is 1. The Hall–Kier alpha value is -2.10. The van der Waals surface area contributed by atoms with Crippen molar-refractivity contribution in [1.82, 2.24) is 9.78 Å². The van der Waals surface area contributed by atoms with Gasteiger partial charge in [-0.15, -0.1) is 0 Å². The summed E-state index contributed by atoms with van der Waals surface area (Å²) in [4.78, 5) is 12.3. The average Bonchev–Trinajstić information content (AvgIpc) is 2.81. The average molecular weight is 271 g/mol. The first-order chi connectivity index (χ1) is 9.65. The van der Waals surface area contributed by atoms with Crippen LogP contribution in [0.15, 0.2) is 30.3 Å². The molecule has 0 atom stereocenters. The van der Waals surface area contributed by atoms with Gasteiger partial charge in [-0.05, 0) is 30.5 Å². The molecule has 0 saturated carbocycles. The molecule has 1 aromatic carbocycles. The van der Waals surface area contributed by atoms with Crippen LogP contribution in [0.25, 0.3) is 0 Å². The minimum absolute atomic E-state index is 0.108. The second-order valence-electron chi connectivity index (χ2n) is 4.86. The number of rotatable bonds is 5. The summed E-state index contributed by atoms with van der Waals surface area (Å²) in [6.45, 7) is 4.18. The van der Waals surface area contributed by atoms with Crippen molar-refractivity contribution in [2.24, 2.45) is 7.05 Å². The smallest absolute Gasteiger partial charge is 0.273 e. The monoisotopic (exact) mass is 271 g/mol. The second-order valence-corrected chi connectivity index (χ2v) is 4.86. The van der Waals surface area contributed by atoms with Crippen LogP contribution in [0.3, 0.4) is 0 Å². The fourth-order valence-corrected chi connectivity index (χ4v) is 2.25. The fraction of sp³-hybridized carbons (Fsp3) is 0.375. The molecule has 106 valence electrons. The summed E-state index contributed by atoms with van der Waals surface area (Å²) in [6, 6.07) is 9.74. The van der Waals surface area contributed by atoms with Gasteiger partial charge in [0, 0.05) is 12.7 Å². The molecule has 0 aliphatic heterocycles. The number of benzene rings is 1. The van der Waals surface area contributed by atoms with E-state index in [1.165, 1.54) is 0 Å². The van der Waals surface area contributed by atoms with Crippen molar-refractivity contribution in [2.45, 2.75) is 33.1 Å². The predicted octanol–water partition coefficient (Wildman–Crippen LogP) is 3.19. The standard InChI is InChI=1S/C16H21N3O/c1-4-8-13-11-15(19(3)18-13)16(20)17-14-10-7-6-9-12(14)5-2/h6-7,9-11H,4-5,8H2,1-3H3,(H,17,20). The van der Waals surface area contributed by atoms with Gasteiger partial charge in [-0.1, -0.05) is 38.5 Å². The number of para-hydroxylation sites is 1. The third kappa shape index (κ3) is 3.07. The number of carbonyl (C=O) groups is 1. The van der Waals surface area contributed by atoms with Gasteiger partial charge in [-0.25, -0.2) is 0 Å². The van der Waals surface area contributed by atoms with E-state index < -0.39 is 0 Å². The lowest BCUT2D eigenvalue weighted by atomic mass is 10.1. The normalized spacial score (nSPS) is 10.6. The highest BCUT2D eigenvalue weighted by molar-refractivity contribution is 6.03. The number of nitrogens with zero attached hydrogens (tertiary/aromatic N) is 2. The van der Waals surface area contributed by atoms with Gasteiger partial charge in [0.1, 0.15) is 5.69 Å². The van der Waals surface area contributed by atoms with Crippen molar-refractivity contribution in [3.05, 3.63) is 47.3 Å². The van der Waals surface area contributed by atoms with E-state index in [1.54, 1.807) is 11.7 Å². The van der Waals surface area contributed by atoms with Crippen LogP contribution >= 0.6 is 0 Å². The Balaban J connectivity index is 2.19. The van der Waals surface area contributed by atoms with E-state index in [0.717, 1.165) is 36.2 Å².